The number of Topliss-reactive ketones (excluding diaryl/α,β-unsaturated/α-hetero) is 1. The fourth-order valence-electron chi connectivity index (χ4n) is 2.06. The van der Waals surface area contributed by atoms with Crippen molar-refractivity contribution in [1.29, 1.82) is 0 Å². The van der Waals surface area contributed by atoms with E-state index in [9.17, 15) is 9.59 Å². The molecule has 1 heterocycles. The number of aromatic nitrogens is 1. The van der Waals surface area contributed by atoms with Gasteiger partial charge in [-0.15, -0.1) is 0 Å². The molecule has 0 radical (unpaired) electrons. The van der Waals surface area contributed by atoms with Crippen LogP contribution in [0.5, 0.6) is 0 Å². The summed E-state index contributed by atoms with van der Waals surface area (Å²) in [6, 6.07) is 0. The summed E-state index contributed by atoms with van der Waals surface area (Å²) in [6.45, 7) is 0. The van der Waals surface area contributed by atoms with Gasteiger partial charge < -0.3 is 10.7 Å². The number of hydrogen-bond donors (Lipinski definition) is 2. The van der Waals surface area contributed by atoms with Gasteiger partial charge in [-0.2, -0.15) is 0 Å². The third kappa shape index (κ3) is 1.93. The maximum absolute atomic E-state index is 11.7. The van der Waals surface area contributed by atoms with Gasteiger partial charge in [0.2, 0.25) is 5.91 Å². The minimum absolute atomic E-state index is 0.192. The molecule has 0 saturated carbocycles. The molecule has 0 bridgehead atoms. The topological polar surface area (TPSA) is 76.0 Å². The minimum atomic E-state index is -0.326. The Morgan fingerprint density at radius 1 is 1.47 bits per heavy atom. The first kappa shape index (κ1) is 9.96. The van der Waals surface area contributed by atoms with Crippen molar-refractivity contribution in [3.63, 3.8) is 0 Å². The maximum Gasteiger partial charge on any atom is 0.217 e. The van der Waals surface area contributed by atoms with Crippen molar-refractivity contribution in [2.45, 2.75) is 32.1 Å². The van der Waals surface area contributed by atoms with Crippen molar-refractivity contribution < 1.29 is 9.59 Å². The van der Waals surface area contributed by atoms with Crippen molar-refractivity contribution in [3.05, 3.63) is 23.0 Å². The molecule has 80 valence electrons. The van der Waals surface area contributed by atoms with Crippen LogP contribution in [-0.4, -0.2) is 16.7 Å². The van der Waals surface area contributed by atoms with Crippen LogP contribution in [0.25, 0.3) is 0 Å². The van der Waals surface area contributed by atoms with Gasteiger partial charge in [-0.1, -0.05) is 0 Å². The van der Waals surface area contributed by atoms with E-state index in [1.165, 1.54) is 0 Å². The number of rotatable bonds is 3. The van der Waals surface area contributed by atoms with Gasteiger partial charge in [-0.05, 0) is 24.8 Å². The fraction of sp³-hybridized carbons (Fsp3) is 0.455. The first-order valence-electron chi connectivity index (χ1n) is 5.19. The maximum atomic E-state index is 11.7. The summed E-state index contributed by atoms with van der Waals surface area (Å²) < 4.78 is 0. The second kappa shape index (κ2) is 3.88. The molecule has 0 aliphatic heterocycles. The molecule has 4 heteroatoms. The molecule has 0 saturated heterocycles. The molecule has 0 fully saturated rings. The number of aryl methyl sites for hydroxylation is 2. The van der Waals surface area contributed by atoms with Crippen LogP contribution in [0, 0.1) is 0 Å². The smallest absolute Gasteiger partial charge is 0.217 e. The van der Waals surface area contributed by atoms with E-state index in [4.69, 9.17) is 5.73 Å². The van der Waals surface area contributed by atoms with E-state index in [0.29, 0.717) is 19.3 Å². The van der Waals surface area contributed by atoms with Gasteiger partial charge >= 0.3 is 0 Å². The van der Waals surface area contributed by atoms with Gasteiger partial charge in [0.15, 0.2) is 5.78 Å². The van der Waals surface area contributed by atoms with E-state index in [1.807, 2.05) is 6.20 Å². The number of ketones is 1. The zero-order valence-corrected chi connectivity index (χ0v) is 8.51. The second-order valence-corrected chi connectivity index (χ2v) is 3.91. The van der Waals surface area contributed by atoms with Crippen LogP contribution in [-0.2, 0) is 17.6 Å². The number of carbonyl (C=O) groups is 2. The van der Waals surface area contributed by atoms with Crippen molar-refractivity contribution in [3.8, 4) is 0 Å². The zero-order valence-electron chi connectivity index (χ0n) is 8.51. The van der Waals surface area contributed by atoms with Gasteiger partial charge in [0.05, 0.1) is 0 Å². The summed E-state index contributed by atoms with van der Waals surface area (Å²) in [5.74, 6) is -0.134. The molecular weight excluding hydrogens is 192 g/mol. The number of aromatic amines is 1. The lowest BCUT2D eigenvalue weighted by Crippen LogP contribution is -2.14. The van der Waals surface area contributed by atoms with Crippen LogP contribution in [0.1, 0.15) is 40.9 Å². The molecule has 0 spiro atoms. The van der Waals surface area contributed by atoms with Crippen LogP contribution in [0.15, 0.2) is 6.20 Å². The molecule has 1 aliphatic carbocycles. The van der Waals surface area contributed by atoms with Crippen LogP contribution >= 0.6 is 0 Å². The van der Waals surface area contributed by atoms with Gasteiger partial charge in [0.25, 0.3) is 0 Å². The Hall–Kier alpha value is -1.58. The molecule has 0 aromatic carbocycles. The van der Waals surface area contributed by atoms with E-state index in [2.05, 4.69) is 4.98 Å². The predicted octanol–water partition coefficient (Wildman–Crippen LogP) is 0.952. The van der Waals surface area contributed by atoms with Crippen molar-refractivity contribution in [1.82, 2.24) is 4.98 Å². The lowest BCUT2D eigenvalue weighted by atomic mass is 9.92. The molecule has 3 N–H and O–H groups in total. The third-order valence-electron chi connectivity index (χ3n) is 2.79. The van der Waals surface area contributed by atoms with Crippen molar-refractivity contribution >= 4 is 11.7 Å². The average molecular weight is 206 g/mol. The zero-order chi connectivity index (χ0) is 10.8. The fourth-order valence-corrected chi connectivity index (χ4v) is 2.06. The van der Waals surface area contributed by atoms with E-state index < -0.39 is 0 Å². The lowest BCUT2D eigenvalue weighted by Gasteiger charge is -2.11. The first-order chi connectivity index (χ1) is 7.18. The highest BCUT2D eigenvalue weighted by molar-refractivity contribution is 5.99. The molecule has 1 aromatic heterocycles. The lowest BCUT2D eigenvalue weighted by molar-refractivity contribution is -0.117. The second-order valence-electron chi connectivity index (χ2n) is 3.91. The SMILES string of the molecule is NC(=O)CCc1c[nH]c2c1C(=O)CCC2. The Balaban J connectivity index is 2.22. The molecule has 1 aromatic rings. The van der Waals surface area contributed by atoms with E-state index in [0.717, 1.165) is 29.7 Å². The predicted molar refractivity (Wildman–Crippen MR) is 55.6 cm³/mol. The monoisotopic (exact) mass is 206 g/mol. The summed E-state index contributed by atoms with van der Waals surface area (Å²) in [4.78, 5) is 25.5. The molecule has 0 atom stereocenters. The Labute approximate surface area is 87.9 Å². The Kier molecular flexibility index (Phi) is 2.58. The van der Waals surface area contributed by atoms with E-state index in [-0.39, 0.29) is 11.7 Å². The third-order valence-corrected chi connectivity index (χ3v) is 2.79. The number of primary amides is 1. The number of nitrogens with one attached hydrogen (secondary N) is 1. The van der Waals surface area contributed by atoms with Crippen molar-refractivity contribution in [2.75, 3.05) is 0 Å². The molecule has 1 amide bonds. The standard InChI is InChI=1S/C11H14N2O2/c12-10(15)5-4-7-6-13-8-2-1-3-9(14)11(7)8/h6,13H,1-5H2,(H2,12,15). The van der Waals surface area contributed by atoms with Gasteiger partial charge in [-0.25, -0.2) is 0 Å². The van der Waals surface area contributed by atoms with Gasteiger partial charge in [0, 0.05) is 30.3 Å². The van der Waals surface area contributed by atoms with E-state index >= 15 is 0 Å². The molecule has 2 rings (SSSR count). The molecule has 4 nitrogen and oxygen atoms in total. The summed E-state index contributed by atoms with van der Waals surface area (Å²) >= 11 is 0. The normalized spacial score (nSPS) is 15.1. The van der Waals surface area contributed by atoms with Gasteiger partial charge in [-0.3, -0.25) is 9.59 Å². The molecule has 0 unspecified atom stereocenters. The molecule has 15 heavy (non-hydrogen) atoms. The summed E-state index contributed by atoms with van der Waals surface area (Å²) in [5.41, 5.74) is 7.85. The summed E-state index contributed by atoms with van der Waals surface area (Å²) in [7, 11) is 0. The highest BCUT2D eigenvalue weighted by Crippen LogP contribution is 2.24. The number of H-pyrrole nitrogens is 1. The first-order valence-corrected chi connectivity index (χ1v) is 5.19. The summed E-state index contributed by atoms with van der Waals surface area (Å²) in [5, 5.41) is 0. The molecular formula is C11H14N2O2. The van der Waals surface area contributed by atoms with Crippen LogP contribution < -0.4 is 5.73 Å². The van der Waals surface area contributed by atoms with Crippen molar-refractivity contribution in [2.24, 2.45) is 5.73 Å². The Bertz CT molecular complexity index is 407. The number of amides is 1. The number of carbonyl (C=O) groups excluding carboxylic acids is 2. The Morgan fingerprint density at radius 2 is 2.27 bits per heavy atom. The summed E-state index contributed by atoms with van der Waals surface area (Å²) in [6.07, 6.45) is 5.16. The average Bonchev–Trinajstić information content (AvgIpc) is 2.59. The van der Waals surface area contributed by atoms with E-state index in [1.54, 1.807) is 0 Å². The minimum Gasteiger partial charge on any atom is -0.370 e. The number of hydrogen-bond acceptors (Lipinski definition) is 2. The highest BCUT2D eigenvalue weighted by Gasteiger charge is 2.22. The quantitative estimate of drug-likeness (QED) is 0.772. The van der Waals surface area contributed by atoms with Crippen LogP contribution in [0.2, 0.25) is 0 Å². The Morgan fingerprint density at radius 3 is 3.00 bits per heavy atom. The highest BCUT2D eigenvalue weighted by atomic mass is 16.1. The van der Waals surface area contributed by atoms with Gasteiger partial charge in [0.1, 0.15) is 0 Å². The largest absolute Gasteiger partial charge is 0.370 e. The van der Waals surface area contributed by atoms with Crippen LogP contribution in [0.3, 0.4) is 0 Å². The van der Waals surface area contributed by atoms with Crippen LogP contribution in [0.4, 0.5) is 0 Å². The molecule has 1 aliphatic rings. The number of nitrogens with two attached hydrogens (primary N) is 1. The number of fused-ring (bicyclic) bond motifs is 1.